The monoisotopic (exact) mass is 292 g/mol. The summed E-state index contributed by atoms with van der Waals surface area (Å²) in [6.07, 6.45) is 0. The van der Waals surface area contributed by atoms with Crippen molar-refractivity contribution in [1.29, 1.82) is 0 Å². The van der Waals surface area contributed by atoms with Crippen LogP contribution in [0.5, 0.6) is 0 Å². The summed E-state index contributed by atoms with van der Waals surface area (Å²) < 4.78 is 0. The van der Waals surface area contributed by atoms with E-state index in [4.69, 9.17) is 0 Å². The number of fused-ring (bicyclic) bond motifs is 1. The van der Waals surface area contributed by atoms with Gasteiger partial charge in [0.1, 0.15) is 5.56 Å². The molecular weight excluding hydrogens is 276 g/mol. The van der Waals surface area contributed by atoms with Crippen molar-refractivity contribution in [2.24, 2.45) is 0 Å². The van der Waals surface area contributed by atoms with Crippen LogP contribution in [0.3, 0.4) is 0 Å². The van der Waals surface area contributed by atoms with Crippen molar-refractivity contribution in [2.45, 2.75) is 6.92 Å². The first kappa shape index (κ1) is 14.1. The fourth-order valence-corrected chi connectivity index (χ4v) is 2.65. The van der Waals surface area contributed by atoms with Gasteiger partial charge in [-0.2, -0.15) is 0 Å². The third-order valence-corrected chi connectivity index (χ3v) is 3.65. The molecule has 0 saturated carbocycles. The molecule has 0 bridgehead atoms. The summed E-state index contributed by atoms with van der Waals surface area (Å²) >= 11 is 0. The van der Waals surface area contributed by atoms with E-state index in [1.54, 1.807) is 7.05 Å². The number of carboxylic acid groups (broad SMARTS) is 1. The number of nitrogens with one attached hydrogen (secondary N) is 1. The Morgan fingerprint density at radius 3 is 2.50 bits per heavy atom. The minimum Gasteiger partial charge on any atom is -0.478 e. The Labute approximate surface area is 128 Å². The number of hydrogen-bond acceptors (Lipinski definition) is 3. The molecule has 3 rings (SSSR count). The summed E-state index contributed by atoms with van der Waals surface area (Å²) in [6.45, 7) is 1.98. The highest BCUT2D eigenvalue weighted by atomic mass is 16.4. The van der Waals surface area contributed by atoms with Crippen molar-refractivity contribution in [3.05, 3.63) is 59.7 Å². The Morgan fingerprint density at radius 2 is 1.86 bits per heavy atom. The highest BCUT2D eigenvalue weighted by molar-refractivity contribution is 6.09. The summed E-state index contributed by atoms with van der Waals surface area (Å²) in [6, 6.07) is 15.2. The van der Waals surface area contributed by atoms with E-state index in [0.717, 1.165) is 22.0 Å². The van der Waals surface area contributed by atoms with E-state index in [0.29, 0.717) is 11.4 Å². The van der Waals surface area contributed by atoms with E-state index in [1.165, 1.54) is 0 Å². The second kappa shape index (κ2) is 5.48. The first-order chi connectivity index (χ1) is 10.6. The number of pyridine rings is 1. The van der Waals surface area contributed by atoms with Crippen LogP contribution in [0.25, 0.3) is 22.2 Å². The molecule has 0 amide bonds. The highest BCUT2D eigenvalue weighted by Crippen LogP contribution is 2.34. The topological polar surface area (TPSA) is 62.2 Å². The molecule has 0 radical (unpaired) electrons. The van der Waals surface area contributed by atoms with Gasteiger partial charge in [-0.15, -0.1) is 0 Å². The third kappa shape index (κ3) is 2.29. The second-order valence-electron chi connectivity index (χ2n) is 5.15. The third-order valence-electron chi connectivity index (χ3n) is 3.65. The Bertz CT molecular complexity index is 858. The average molecular weight is 292 g/mol. The van der Waals surface area contributed by atoms with Crippen LogP contribution in [0, 0.1) is 6.92 Å². The van der Waals surface area contributed by atoms with Gasteiger partial charge in [-0.05, 0) is 19.1 Å². The first-order valence-corrected chi connectivity index (χ1v) is 7.02. The zero-order chi connectivity index (χ0) is 15.7. The molecule has 110 valence electrons. The molecule has 2 N–H and O–H groups in total. The molecule has 0 saturated heterocycles. The Morgan fingerprint density at radius 1 is 1.14 bits per heavy atom. The van der Waals surface area contributed by atoms with Crippen LogP contribution in [0.15, 0.2) is 48.5 Å². The van der Waals surface area contributed by atoms with E-state index in [2.05, 4.69) is 10.3 Å². The van der Waals surface area contributed by atoms with Crippen LogP contribution < -0.4 is 5.32 Å². The number of nitrogens with zero attached hydrogens (tertiary/aromatic N) is 1. The molecule has 1 aromatic heterocycles. The molecule has 4 heteroatoms. The minimum absolute atomic E-state index is 0.201. The molecule has 0 aliphatic rings. The van der Waals surface area contributed by atoms with E-state index in [1.807, 2.05) is 55.5 Å². The van der Waals surface area contributed by atoms with Crippen LogP contribution in [-0.4, -0.2) is 23.1 Å². The minimum atomic E-state index is -0.987. The van der Waals surface area contributed by atoms with E-state index in [9.17, 15) is 9.90 Å². The van der Waals surface area contributed by atoms with Crippen LogP contribution in [-0.2, 0) is 0 Å². The van der Waals surface area contributed by atoms with Gasteiger partial charge in [-0.1, -0.05) is 42.0 Å². The maximum atomic E-state index is 11.8. The molecule has 0 aliphatic carbocycles. The summed E-state index contributed by atoms with van der Waals surface area (Å²) in [5.74, 6) is -0.987. The van der Waals surface area contributed by atoms with Crippen molar-refractivity contribution in [3.63, 3.8) is 0 Å². The summed E-state index contributed by atoms with van der Waals surface area (Å²) in [7, 11) is 1.73. The molecule has 0 aliphatic heterocycles. The highest BCUT2D eigenvalue weighted by Gasteiger charge is 2.21. The van der Waals surface area contributed by atoms with Crippen LogP contribution in [0.2, 0.25) is 0 Å². The maximum Gasteiger partial charge on any atom is 0.340 e. The summed E-state index contributed by atoms with van der Waals surface area (Å²) in [4.78, 5) is 16.4. The lowest BCUT2D eigenvalue weighted by Crippen LogP contribution is -2.08. The number of aromatic nitrogens is 1. The van der Waals surface area contributed by atoms with Crippen molar-refractivity contribution in [1.82, 2.24) is 4.98 Å². The number of hydrogen-bond donors (Lipinski definition) is 2. The predicted molar refractivity (Wildman–Crippen MR) is 88.4 cm³/mol. The molecule has 0 fully saturated rings. The van der Waals surface area contributed by atoms with Crippen molar-refractivity contribution < 1.29 is 9.90 Å². The molecule has 2 aromatic carbocycles. The van der Waals surface area contributed by atoms with Gasteiger partial charge in [-0.3, -0.25) is 0 Å². The lowest BCUT2D eigenvalue weighted by molar-refractivity contribution is 0.0698. The fraction of sp³-hybridized carbons (Fsp3) is 0.111. The lowest BCUT2D eigenvalue weighted by atomic mass is 10.00. The molecule has 0 atom stereocenters. The molecule has 3 aromatic rings. The average Bonchev–Trinajstić information content (AvgIpc) is 2.53. The summed E-state index contributed by atoms with van der Waals surface area (Å²) in [5, 5.41) is 13.5. The standard InChI is InChI=1S/C18H16N2O2/c1-11-8-9-14-13(10-11)17(19-2)15(18(21)22)16(20-14)12-6-4-3-5-7-12/h3-10H,1-2H3,(H,19,20)(H,21,22). The van der Waals surface area contributed by atoms with Gasteiger partial charge in [0.15, 0.2) is 0 Å². The van der Waals surface area contributed by atoms with Crippen molar-refractivity contribution in [3.8, 4) is 11.3 Å². The number of carbonyl (C=O) groups is 1. The molecule has 22 heavy (non-hydrogen) atoms. The Kier molecular flexibility index (Phi) is 3.51. The number of anilines is 1. The van der Waals surface area contributed by atoms with Gasteiger partial charge in [0.2, 0.25) is 0 Å². The normalized spacial score (nSPS) is 10.6. The van der Waals surface area contributed by atoms with Gasteiger partial charge >= 0.3 is 5.97 Å². The van der Waals surface area contributed by atoms with Gasteiger partial charge in [0, 0.05) is 18.0 Å². The second-order valence-corrected chi connectivity index (χ2v) is 5.15. The quantitative estimate of drug-likeness (QED) is 0.767. The van der Waals surface area contributed by atoms with Gasteiger partial charge in [0.25, 0.3) is 0 Å². The first-order valence-electron chi connectivity index (χ1n) is 7.02. The van der Waals surface area contributed by atoms with E-state index >= 15 is 0 Å². The Balaban J connectivity index is 2.44. The van der Waals surface area contributed by atoms with Crippen LogP contribution in [0.4, 0.5) is 5.69 Å². The zero-order valence-corrected chi connectivity index (χ0v) is 12.4. The SMILES string of the molecule is CNc1c(C(=O)O)c(-c2ccccc2)nc2ccc(C)cc12. The maximum absolute atomic E-state index is 11.8. The smallest absolute Gasteiger partial charge is 0.340 e. The number of aromatic carboxylic acids is 1. The number of aryl methyl sites for hydroxylation is 1. The number of benzene rings is 2. The van der Waals surface area contributed by atoms with Crippen LogP contribution >= 0.6 is 0 Å². The van der Waals surface area contributed by atoms with Gasteiger partial charge < -0.3 is 10.4 Å². The fourth-order valence-electron chi connectivity index (χ4n) is 2.65. The zero-order valence-electron chi connectivity index (χ0n) is 12.4. The molecular formula is C18H16N2O2. The van der Waals surface area contributed by atoms with Gasteiger partial charge in [-0.25, -0.2) is 9.78 Å². The van der Waals surface area contributed by atoms with Crippen LogP contribution in [0.1, 0.15) is 15.9 Å². The number of rotatable bonds is 3. The molecule has 1 heterocycles. The van der Waals surface area contributed by atoms with E-state index in [-0.39, 0.29) is 5.56 Å². The molecule has 0 unspecified atom stereocenters. The van der Waals surface area contributed by atoms with Crippen molar-refractivity contribution in [2.75, 3.05) is 12.4 Å². The molecule has 0 spiro atoms. The summed E-state index contributed by atoms with van der Waals surface area (Å²) in [5.41, 5.74) is 3.91. The van der Waals surface area contributed by atoms with Gasteiger partial charge in [0.05, 0.1) is 16.9 Å². The van der Waals surface area contributed by atoms with Crippen molar-refractivity contribution >= 4 is 22.6 Å². The largest absolute Gasteiger partial charge is 0.478 e. The Hall–Kier alpha value is -2.88. The van der Waals surface area contributed by atoms with E-state index < -0.39 is 5.97 Å². The lowest BCUT2D eigenvalue weighted by Gasteiger charge is -2.14. The molecule has 4 nitrogen and oxygen atoms in total. The predicted octanol–water partition coefficient (Wildman–Crippen LogP) is 3.95. The number of carboxylic acids is 1.